The van der Waals surface area contributed by atoms with Gasteiger partial charge in [0.1, 0.15) is 6.26 Å². The third-order valence-electron chi connectivity index (χ3n) is 2.61. The number of anilines is 1. The highest BCUT2D eigenvalue weighted by atomic mass is 127. The molecule has 20 heavy (non-hydrogen) atoms. The SMILES string of the molecule is CCS(=O)(=O)N(I)c1ccc(C(=O)c2ccon2)cc1. The molecule has 0 aliphatic carbocycles. The molecule has 0 atom stereocenters. The summed E-state index contributed by atoms with van der Waals surface area (Å²) < 4.78 is 29.2. The van der Waals surface area contributed by atoms with Crippen molar-refractivity contribution in [2.24, 2.45) is 0 Å². The molecular weight excluding hydrogens is 395 g/mol. The second-order valence-electron chi connectivity index (χ2n) is 3.88. The van der Waals surface area contributed by atoms with Gasteiger partial charge in [0.15, 0.2) is 5.69 Å². The van der Waals surface area contributed by atoms with Gasteiger partial charge in [-0.05, 0) is 31.2 Å². The number of hydrogen-bond donors (Lipinski definition) is 0. The maximum atomic E-state index is 12.0. The van der Waals surface area contributed by atoms with Gasteiger partial charge in [0.25, 0.3) is 0 Å². The smallest absolute Gasteiger partial charge is 0.243 e. The van der Waals surface area contributed by atoms with Gasteiger partial charge in [-0.25, -0.2) is 10.9 Å². The lowest BCUT2D eigenvalue weighted by molar-refractivity contribution is 0.103. The Bertz CT molecular complexity index is 696. The van der Waals surface area contributed by atoms with Crippen molar-refractivity contribution < 1.29 is 17.7 Å². The van der Waals surface area contributed by atoms with Crippen LogP contribution in [0.4, 0.5) is 5.69 Å². The summed E-state index contributed by atoms with van der Waals surface area (Å²) in [6.07, 6.45) is 1.32. The van der Waals surface area contributed by atoms with Crippen molar-refractivity contribution in [3.05, 3.63) is 47.9 Å². The minimum atomic E-state index is -3.32. The van der Waals surface area contributed by atoms with Gasteiger partial charge in [-0.1, -0.05) is 5.16 Å². The van der Waals surface area contributed by atoms with Crippen LogP contribution in [0.5, 0.6) is 0 Å². The monoisotopic (exact) mass is 406 g/mol. The standard InChI is InChI=1S/C12H11IN2O4S/c1-2-20(17,18)15(13)10-5-3-9(4-6-10)12(16)11-7-8-19-14-11/h3-8H,2H2,1H3. The minimum absolute atomic E-state index is 0.00949. The zero-order chi connectivity index (χ0) is 14.8. The van der Waals surface area contributed by atoms with Crippen LogP contribution in [-0.4, -0.2) is 25.1 Å². The molecule has 0 aliphatic heterocycles. The summed E-state index contributed by atoms with van der Waals surface area (Å²) in [7, 11) is -3.32. The quantitative estimate of drug-likeness (QED) is 0.433. The minimum Gasteiger partial charge on any atom is -0.364 e. The molecule has 0 N–H and O–H groups in total. The number of sulfonamides is 1. The largest absolute Gasteiger partial charge is 0.364 e. The van der Waals surface area contributed by atoms with Gasteiger partial charge in [0, 0.05) is 11.6 Å². The topological polar surface area (TPSA) is 80.5 Å². The molecule has 8 heteroatoms. The van der Waals surface area contributed by atoms with Crippen molar-refractivity contribution >= 4 is 44.4 Å². The number of rotatable bonds is 5. The molecule has 6 nitrogen and oxygen atoms in total. The number of halogens is 1. The highest BCUT2D eigenvalue weighted by Crippen LogP contribution is 2.23. The van der Waals surface area contributed by atoms with Crippen molar-refractivity contribution in [3.63, 3.8) is 0 Å². The van der Waals surface area contributed by atoms with Gasteiger partial charge in [-0.3, -0.25) is 4.79 Å². The van der Waals surface area contributed by atoms with Crippen LogP contribution in [-0.2, 0) is 10.0 Å². The molecule has 1 heterocycles. The van der Waals surface area contributed by atoms with E-state index >= 15 is 0 Å². The summed E-state index contributed by atoms with van der Waals surface area (Å²) in [5.41, 5.74) is 1.12. The fraction of sp³-hybridized carbons (Fsp3) is 0.167. The Labute approximate surface area is 130 Å². The maximum absolute atomic E-state index is 12.0. The average Bonchev–Trinajstić information content (AvgIpc) is 3.00. The fourth-order valence-corrected chi connectivity index (χ4v) is 3.31. The zero-order valence-electron chi connectivity index (χ0n) is 10.5. The highest BCUT2D eigenvalue weighted by Gasteiger charge is 2.18. The molecule has 0 unspecified atom stereocenters. The average molecular weight is 406 g/mol. The van der Waals surface area contributed by atoms with Crippen molar-refractivity contribution in [1.29, 1.82) is 0 Å². The van der Waals surface area contributed by atoms with Crippen LogP contribution in [0, 0.1) is 0 Å². The second kappa shape index (κ2) is 5.92. The number of nitrogens with zero attached hydrogens (tertiary/aromatic N) is 2. The first-order chi connectivity index (χ1) is 9.45. The number of ketones is 1. The number of aromatic nitrogens is 1. The molecule has 0 aliphatic rings. The van der Waals surface area contributed by atoms with E-state index in [-0.39, 0.29) is 17.2 Å². The van der Waals surface area contributed by atoms with Crippen LogP contribution in [0.1, 0.15) is 23.0 Å². The lowest BCUT2D eigenvalue weighted by Gasteiger charge is -2.15. The van der Waals surface area contributed by atoms with Crippen LogP contribution < -0.4 is 2.52 Å². The first kappa shape index (κ1) is 15.0. The Morgan fingerprint density at radius 2 is 1.95 bits per heavy atom. The Morgan fingerprint density at radius 3 is 2.45 bits per heavy atom. The molecule has 2 aromatic rings. The Kier molecular flexibility index (Phi) is 4.43. The molecule has 0 saturated heterocycles. The second-order valence-corrected chi connectivity index (χ2v) is 7.60. The van der Waals surface area contributed by atoms with Crippen molar-refractivity contribution in [1.82, 2.24) is 5.16 Å². The van der Waals surface area contributed by atoms with Crippen molar-refractivity contribution in [2.75, 3.05) is 8.27 Å². The van der Waals surface area contributed by atoms with E-state index in [1.807, 2.05) is 0 Å². The molecule has 0 fully saturated rings. The Balaban J connectivity index is 2.25. The lowest BCUT2D eigenvalue weighted by atomic mass is 10.1. The van der Waals surface area contributed by atoms with E-state index in [0.717, 1.165) is 2.52 Å². The van der Waals surface area contributed by atoms with Crippen LogP contribution >= 0.6 is 22.9 Å². The van der Waals surface area contributed by atoms with Gasteiger partial charge in [-0.15, -0.1) is 0 Å². The molecule has 106 valence electrons. The van der Waals surface area contributed by atoms with Gasteiger partial charge < -0.3 is 4.52 Å². The van der Waals surface area contributed by atoms with Crippen LogP contribution in [0.15, 0.2) is 41.1 Å². The number of carbonyl (C=O) groups excluding carboxylic acids is 1. The van der Waals surface area contributed by atoms with E-state index in [2.05, 4.69) is 9.68 Å². The number of hydrogen-bond acceptors (Lipinski definition) is 5. The normalized spacial score (nSPS) is 11.3. The van der Waals surface area contributed by atoms with Crippen LogP contribution in [0.25, 0.3) is 0 Å². The summed E-state index contributed by atoms with van der Waals surface area (Å²) >= 11 is 1.72. The van der Waals surface area contributed by atoms with Gasteiger partial charge in [0.2, 0.25) is 15.8 Å². The third-order valence-corrected chi connectivity index (χ3v) is 6.40. The summed E-state index contributed by atoms with van der Waals surface area (Å²) in [5, 5.41) is 3.57. The molecule has 1 aromatic carbocycles. The van der Waals surface area contributed by atoms with Crippen molar-refractivity contribution in [3.8, 4) is 0 Å². The Morgan fingerprint density at radius 1 is 1.30 bits per heavy atom. The first-order valence-corrected chi connectivity index (χ1v) is 8.27. The maximum Gasteiger partial charge on any atom is 0.243 e. The van der Waals surface area contributed by atoms with Crippen molar-refractivity contribution in [2.45, 2.75) is 6.92 Å². The lowest BCUT2D eigenvalue weighted by Crippen LogP contribution is -2.22. The molecule has 0 bridgehead atoms. The summed E-state index contributed by atoms with van der Waals surface area (Å²) in [6.45, 7) is 1.57. The predicted molar refractivity (Wildman–Crippen MR) is 82.3 cm³/mol. The van der Waals surface area contributed by atoms with E-state index in [1.54, 1.807) is 54.1 Å². The molecular formula is C12H11IN2O4S. The van der Waals surface area contributed by atoms with Gasteiger partial charge in [-0.2, -0.15) is 0 Å². The van der Waals surface area contributed by atoms with Crippen LogP contribution in [0.2, 0.25) is 0 Å². The molecule has 2 rings (SSSR count). The molecule has 1 aromatic heterocycles. The van der Waals surface area contributed by atoms with E-state index in [0.29, 0.717) is 11.3 Å². The summed E-state index contributed by atoms with van der Waals surface area (Å²) in [6, 6.07) is 7.74. The predicted octanol–water partition coefficient (Wildman–Crippen LogP) is 2.41. The first-order valence-electron chi connectivity index (χ1n) is 5.69. The molecule has 0 radical (unpaired) electrons. The molecule has 0 saturated carbocycles. The van der Waals surface area contributed by atoms with E-state index in [9.17, 15) is 13.2 Å². The van der Waals surface area contributed by atoms with E-state index in [1.165, 1.54) is 12.3 Å². The number of benzene rings is 1. The molecule has 0 amide bonds. The third kappa shape index (κ3) is 3.01. The summed E-state index contributed by atoms with van der Waals surface area (Å²) in [4.78, 5) is 12.0. The van der Waals surface area contributed by atoms with E-state index in [4.69, 9.17) is 0 Å². The van der Waals surface area contributed by atoms with Gasteiger partial charge >= 0.3 is 0 Å². The van der Waals surface area contributed by atoms with Crippen LogP contribution in [0.3, 0.4) is 0 Å². The van der Waals surface area contributed by atoms with E-state index < -0.39 is 10.0 Å². The highest BCUT2D eigenvalue weighted by molar-refractivity contribution is 14.1. The van der Waals surface area contributed by atoms with Gasteiger partial charge in [0.05, 0.1) is 34.3 Å². The zero-order valence-corrected chi connectivity index (χ0v) is 13.5. The Hall–Kier alpha value is -1.42. The summed E-state index contributed by atoms with van der Waals surface area (Å²) in [5.74, 6) is -0.265. The number of carbonyl (C=O) groups is 1. The molecule has 0 spiro atoms. The fourth-order valence-electron chi connectivity index (χ4n) is 1.48.